The van der Waals surface area contributed by atoms with Gasteiger partial charge in [0.15, 0.2) is 0 Å². The van der Waals surface area contributed by atoms with Gasteiger partial charge in [-0.25, -0.2) is 9.18 Å². The molecule has 0 saturated carbocycles. The number of carbonyl (C=O) groups is 2. The quantitative estimate of drug-likeness (QED) is 0.750. The van der Waals surface area contributed by atoms with E-state index in [-0.39, 0.29) is 24.3 Å². The SMILES string of the molecule is CC(=O)Nc1ccc(C#CCNC(=O)NCc2ccc(F)cc2)cc1. The number of nitrogens with one attached hydrogen (secondary N) is 3. The van der Waals surface area contributed by atoms with Crippen LogP contribution < -0.4 is 16.0 Å². The van der Waals surface area contributed by atoms with Crippen molar-refractivity contribution < 1.29 is 14.0 Å². The highest BCUT2D eigenvalue weighted by Crippen LogP contribution is 2.08. The number of hydrogen-bond acceptors (Lipinski definition) is 2. The van der Waals surface area contributed by atoms with E-state index in [0.717, 1.165) is 11.1 Å². The molecule has 0 radical (unpaired) electrons. The minimum absolute atomic E-state index is 0.130. The first-order chi connectivity index (χ1) is 12.0. The van der Waals surface area contributed by atoms with Gasteiger partial charge in [0.2, 0.25) is 5.91 Å². The molecule has 0 heterocycles. The van der Waals surface area contributed by atoms with Gasteiger partial charge in [-0.2, -0.15) is 0 Å². The summed E-state index contributed by atoms with van der Waals surface area (Å²) in [4.78, 5) is 22.6. The number of halogens is 1. The lowest BCUT2D eigenvalue weighted by atomic mass is 10.2. The molecule has 0 aliphatic carbocycles. The first-order valence-corrected chi connectivity index (χ1v) is 7.65. The Labute approximate surface area is 145 Å². The number of urea groups is 1. The number of hydrogen-bond donors (Lipinski definition) is 3. The molecule has 3 N–H and O–H groups in total. The average molecular weight is 339 g/mol. The molecular weight excluding hydrogens is 321 g/mol. The third kappa shape index (κ3) is 6.75. The Morgan fingerprint density at radius 3 is 2.32 bits per heavy atom. The Morgan fingerprint density at radius 2 is 1.68 bits per heavy atom. The summed E-state index contributed by atoms with van der Waals surface area (Å²) in [5.41, 5.74) is 2.29. The van der Waals surface area contributed by atoms with Gasteiger partial charge in [-0.05, 0) is 42.0 Å². The van der Waals surface area contributed by atoms with E-state index in [1.165, 1.54) is 19.1 Å². The molecule has 6 heteroatoms. The molecule has 2 rings (SSSR count). The summed E-state index contributed by atoms with van der Waals surface area (Å²) in [5.74, 6) is 5.31. The van der Waals surface area contributed by atoms with Crippen molar-refractivity contribution in [2.24, 2.45) is 0 Å². The highest BCUT2D eigenvalue weighted by atomic mass is 19.1. The molecule has 128 valence electrons. The maximum atomic E-state index is 12.8. The number of benzene rings is 2. The van der Waals surface area contributed by atoms with Gasteiger partial charge in [0.05, 0.1) is 6.54 Å². The number of carbonyl (C=O) groups excluding carboxylic acids is 2. The summed E-state index contributed by atoms with van der Waals surface area (Å²) in [7, 11) is 0. The minimum atomic E-state index is -0.348. The summed E-state index contributed by atoms with van der Waals surface area (Å²) in [6.45, 7) is 1.95. The molecule has 0 saturated heterocycles. The Bertz CT molecular complexity index is 790. The Morgan fingerprint density at radius 1 is 1.00 bits per heavy atom. The predicted octanol–water partition coefficient (Wildman–Crippen LogP) is 2.64. The largest absolute Gasteiger partial charge is 0.334 e. The van der Waals surface area contributed by atoms with E-state index in [9.17, 15) is 14.0 Å². The zero-order valence-corrected chi connectivity index (χ0v) is 13.7. The minimum Gasteiger partial charge on any atom is -0.334 e. The van der Waals surface area contributed by atoms with Crippen LogP contribution in [-0.2, 0) is 11.3 Å². The van der Waals surface area contributed by atoms with Crippen molar-refractivity contribution in [1.29, 1.82) is 0 Å². The van der Waals surface area contributed by atoms with Crippen LogP contribution in [0.1, 0.15) is 18.1 Å². The number of amides is 3. The molecule has 0 unspecified atom stereocenters. The fourth-order valence-electron chi connectivity index (χ4n) is 1.96. The second-order valence-corrected chi connectivity index (χ2v) is 5.22. The standard InChI is InChI=1S/C19H18FN3O2/c1-14(24)23-18-10-6-15(7-11-18)3-2-12-21-19(25)22-13-16-4-8-17(20)9-5-16/h4-11H,12-13H2,1H3,(H,23,24)(H2,21,22,25). The van der Waals surface area contributed by atoms with E-state index in [4.69, 9.17) is 0 Å². The molecule has 0 fully saturated rings. The van der Waals surface area contributed by atoms with Crippen molar-refractivity contribution in [2.45, 2.75) is 13.5 Å². The fraction of sp³-hybridized carbons (Fsp3) is 0.158. The van der Waals surface area contributed by atoms with Gasteiger partial charge >= 0.3 is 6.03 Å². The molecule has 0 aromatic heterocycles. The summed E-state index contributed by atoms with van der Waals surface area (Å²) in [6, 6.07) is 12.6. The second kappa shape index (κ2) is 9.08. The molecule has 0 atom stereocenters. The normalized spacial score (nSPS) is 9.52. The van der Waals surface area contributed by atoms with E-state index in [0.29, 0.717) is 12.2 Å². The van der Waals surface area contributed by atoms with Gasteiger partial charge in [0.25, 0.3) is 0 Å². The fourth-order valence-corrected chi connectivity index (χ4v) is 1.96. The summed E-state index contributed by atoms with van der Waals surface area (Å²) in [6.07, 6.45) is 0. The molecule has 0 spiro atoms. The number of rotatable bonds is 4. The van der Waals surface area contributed by atoms with Gasteiger partial charge in [-0.3, -0.25) is 4.79 Å². The molecule has 25 heavy (non-hydrogen) atoms. The topological polar surface area (TPSA) is 70.2 Å². The van der Waals surface area contributed by atoms with E-state index in [1.54, 1.807) is 36.4 Å². The van der Waals surface area contributed by atoms with Crippen LogP contribution in [0.5, 0.6) is 0 Å². The van der Waals surface area contributed by atoms with Crippen LogP contribution in [0.2, 0.25) is 0 Å². The molecule has 0 aliphatic rings. The van der Waals surface area contributed by atoms with Crippen LogP contribution in [-0.4, -0.2) is 18.5 Å². The van der Waals surface area contributed by atoms with Crippen LogP contribution in [0.3, 0.4) is 0 Å². The number of anilines is 1. The average Bonchev–Trinajstić information content (AvgIpc) is 2.59. The Kier molecular flexibility index (Phi) is 6.55. The monoisotopic (exact) mass is 339 g/mol. The van der Waals surface area contributed by atoms with E-state index >= 15 is 0 Å². The molecule has 0 aliphatic heterocycles. The van der Waals surface area contributed by atoms with Gasteiger partial charge in [-0.1, -0.05) is 24.0 Å². The predicted molar refractivity (Wildman–Crippen MR) is 94.3 cm³/mol. The molecular formula is C19H18FN3O2. The van der Waals surface area contributed by atoms with Crippen LogP contribution in [0.25, 0.3) is 0 Å². The lowest BCUT2D eigenvalue weighted by Gasteiger charge is -2.05. The Hall–Kier alpha value is -3.33. The van der Waals surface area contributed by atoms with Gasteiger partial charge in [-0.15, -0.1) is 0 Å². The summed E-state index contributed by atoms with van der Waals surface area (Å²) < 4.78 is 12.8. The molecule has 2 aromatic rings. The van der Waals surface area contributed by atoms with Gasteiger partial charge in [0.1, 0.15) is 5.82 Å². The van der Waals surface area contributed by atoms with Crippen molar-refractivity contribution in [3.05, 3.63) is 65.5 Å². The zero-order valence-electron chi connectivity index (χ0n) is 13.7. The van der Waals surface area contributed by atoms with Crippen molar-refractivity contribution in [1.82, 2.24) is 10.6 Å². The van der Waals surface area contributed by atoms with Crippen molar-refractivity contribution in [2.75, 3.05) is 11.9 Å². The lowest BCUT2D eigenvalue weighted by Crippen LogP contribution is -2.35. The maximum Gasteiger partial charge on any atom is 0.315 e. The highest BCUT2D eigenvalue weighted by Gasteiger charge is 1.99. The molecule has 0 bridgehead atoms. The first kappa shape index (κ1) is 18.0. The maximum absolute atomic E-state index is 12.8. The third-order valence-corrected chi connectivity index (χ3v) is 3.14. The highest BCUT2D eigenvalue weighted by molar-refractivity contribution is 5.88. The summed E-state index contributed by atoms with van der Waals surface area (Å²) in [5, 5.41) is 7.95. The molecule has 5 nitrogen and oxygen atoms in total. The van der Waals surface area contributed by atoms with Crippen molar-refractivity contribution in [3.8, 4) is 11.8 Å². The second-order valence-electron chi connectivity index (χ2n) is 5.22. The summed E-state index contributed by atoms with van der Waals surface area (Å²) >= 11 is 0. The van der Waals surface area contributed by atoms with Crippen molar-refractivity contribution >= 4 is 17.6 Å². The van der Waals surface area contributed by atoms with E-state index < -0.39 is 0 Å². The molecule has 3 amide bonds. The van der Waals surface area contributed by atoms with Gasteiger partial charge < -0.3 is 16.0 Å². The van der Waals surface area contributed by atoms with E-state index in [2.05, 4.69) is 27.8 Å². The zero-order chi connectivity index (χ0) is 18.1. The molecule has 2 aromatic carbocycles. The van der Waals surface area contributed by atoms with Crippen LogP contribution in [0.4, 0.5) is 14.9 Å². The third-order valence-electron chi connectivity index (χ3n) is 3.14. The Balaban J connectivity index is 1.73. The van der Waals surface area contributed by atoms with Crippen molar-refractivity contribution in [3.63, 3.8) is 0 Å². The van der Waals surface area contributed by atoms with Crippen LogP contribution in [0.15, 0.2) is 48.5 Å². The smallest absolute Gasteiger partial charge is 0.315 e. The first-order valence-electron chi connectivity index (χ1n) is 7.65. The van der Waals surface area contributed by atoms with Gasteiger partial charge in [0, 0.05) is 24.7 Å². The van der Waals surface area contributed by atoms with Crippen LogP contribution >= 0.6 is 0 Å². The lowest BCUT2D eigenvalue weighted by molar-refractivity contribution is -0.114. The van der Waals surface area contributed by atoms with E-state index in [1.807, 2.05) is 0 Å². The van der Waals surface area contributed by atoms with Crippen LogP contribution in [0, 0.1) is 17.7 Å².